The predicted octanol–water partition coefficient (Wildman–Crippen LogP) is 3.20. The number of carbonyl (C=O) groups is 3. The van der Waals surface area contributed by atoms with Crippen LogP contribution in [-0.2, 0) is 14.3 Å². The van der Waals surface area contributed by atoms with Crippen molar-refractivity contribution >= 4 is 23.3 Å². The summed E-state index contributed by atoms with van der Waals surface area (Å²) in [5, 5.41) is 2.64. The molecule has 1 N–H and O–H groups in total. The van der Waals surface area contributed by atoms with Crippen LogP contribution >= 0.6 is 0 Å². The van der Waals surface area contributed by atoms with Crippen LogP contribution in [0.2, 0.25) is 0 Å². The Morgan fingerprint density at radius 3 is 2.45 bits per heavy atom. The topological polar surface area (TPSA) is 72.5 Å². The Balaban J connectivity index is 2.55. The molecule has 0 aliphatic heterocycles. The number of amides is 1. The lowest BCUT2D eigenvalue weighted by Crippen LogP contribution is -2.30. The molecule has 5 heteroatoms. The number of esters is 1. The van der Waals surface area contributed by atoms with Gasteiger partial charge in [0, 0.05) is 17.7 Å². The van der Waals surface area contributed by atoms with Gasteiger partial charge in [-0.2, -0.15) is 0 Å². The Bertz CT molecular complexity index is 551. The van der Waals surface area contributed by atoms with E-state index in [9.17, 15) is 14.4 Å². The van der Waals surface area contributed by atoms with Gasteiger partial charge in [-0.3, -0.25) is 14.4 Å². The minimum absolute atomic E-state index is 0.0794. The predicted molar refractivity (Wildman–Crippen MR) is 84.7 cm³/mol. The van der Waals surface area contributed by atoms with Crippen molar-refractivity contribution in [2.75, 3.05) is 5.32 Å². The van der Waals surface area contributed by atoms with E-state index in [4.69, 9.17) is 4.74 Å². The summed E-state index contributed by atoms with van der Waals surface area (Å²) >= 11 is 0. The average Bonchev–Trinajstić information content (AvgIpc) is 2.45. The molecule has 22 heavy (non-hydrogen) atoms. The Kier molecular flexibility index (Phi) is 6.76. The van der Waals surface area contributed by atoms with Gasteiger partial charge >= 0.3 is 5.97 Å². The maximum atomic E-state index is 12.0. The number of hydrogen-bond donors (Lipinski definition) is 1. The number of anilines is 1. The zero-order valence-corrected chi connectivity index (χ0v) is 13.5. The molecule has 0 fully saturated rings. The van der Waals surface area contributed by atoms with Crippen LogP contribution in [-0.4, -0.2) is 23.8 Å². The lowest BCUT2D eigenvalue weighted by atomic mass is 10.1. The molecule has 1 aromatic carbocycles. The molecule has 0 aliphatic carbocycles. The van der Waals surface area contributed by atoms with Crippen molar-refractivity contribution in [1.82, 2.24) is 0 Å². The van der Waals surface area contributed by atoms with Gasteiger partial charge in [-0.1, -0.05) is 26.0 Å². The third kappa shape index (κ3) is 6.08. The molecule has 1 amide bonds. The molecular formula is C17H23NO4. The van der Waals surface area contributed by atoms with Crippen molar-refractivity contribution in [2.45, 2.75) is 46.6 Å². The van der Waals surface area contributed by atoms with E-state index in [0.29, 0.717) is 23.6 Å². The molecule has 120 valence electrons. The van der Waals surface area contributed by atoms with E-state index in [1.165, 1.54) is 13.8 Å². The number of ether oxygens (including phenoxy) is 1. The molecule has 0 unspecified atom stereocenters. The van der Waals surface area contributed by atoms with Crippen molar-refractivity contribution in [1.29, 1.82) is 0 Å². The van der Waals surface area contributed by atoms with Crippen LogP contribution in [0.4, 0.5) is 5.69 Å². The minimum Gasteiger partial charge on any atom is -0.453 e. The fraction of sp³-hybridized carbons (Fsp3) is 0.471. The van der Waals surface area contributed by atoms with Gasteiger partial charge in [0.2, 0.25) is 0 Å². The number of Topliss-reactive ketones (excluding diaryl/α,β-unsaturated/α-hetero) is 1. The molecule has 0 bridgehead atoms. The molecule has 0 aromatic heterocycles. The smallest absolute Gasteiger partial charge is 0.306 e. The van der Waals surface area contributed by atoms with Crippen molar-refractivity contribution in [3.63, 3.8) is 0 Å². The molecule has 1 aromatic rings. The van der Waals surface area contributed by atoms with E-state index >= 15 is 0 Å². The van der Waals surface area contributed by atoms with Crippen LogP contribution < -0.4 is 5.32 Å². The van der Waals surface area contributed by atoms with Gasteiger partial charge in [0.25, 0.3) is 5.91 Å². The van der Waals surface area contributed by atoms with Crippen LogP contribution in [0, 0.1) is 5.92 Å². The normalized spacial score (nSPS) is 11.9. The molecule has 0 radical (unpaired) electrons. The fourth-order valence-electron chi connectivity index (χ4n) is 1.78. The summed E-state index contributed by atoms with van der Waals surface area (Å²) in [6.07, 6.45) is 0.156. The average molecular weight is 305 g/mol. The summed E-state index contributed by atoms with van der Waals surface area (Å²) in [6.45, 7) is 7.02. The Labute approximate surface area is 131 Å². The van der Waals surface area contributed by atoms with Crippen molar-refractivity contribution in [3.05, 3.63) is 29.8 Å². The number of benzene rings is 1. The molecular weight excluding hydrogens is 282 g/mol. The largest absolute Gasteiger partial charge is 0.453 e. The van der Waals surface area contributed by atoms with Gasteiger partial charge in [0.05, 0.1) is 0 Å². The maximum Gasteiger partial charge on any atom is 0.306 e. The SMILES string of the molecule is CC(=O)c1cccc(NC(=O)[C@@H](C)OC(=O)CCC(C)C)c1. The molecule has 0 aliphatic rings. The lowest BCUT2D eigenvalue weighted by molar-refractivity contribution is -0.153. The second-order valence-corrected chi connectivity index (χ2v) is 5.69. The second-order valence-electron chi connectivity index (χ2n) is 5.69. The first-order valence-electron chi connectivity index (χ1n) is 7.41. The summed E-state index contributed by atoms with van der Waals surface area (Å²) in [5.41, 5.74) is 1.02. The molecule has 0 spiro atoms. The Morgan fingerprint density at radius 1 is 1.18 bits per heavy atom. The van der Waals surface area contributed by atoms with Gasteiger partial charge in [-0.25, -0.2) is 0 Å². The third-order valence-corrected chi connectivity index (χ3v) is 3.14. The number of ketones is 1. The van der Waals surface area contributed by atoms with Gasteiger partial charge < -0.3 is 10.1 Å². The van der Waals surface area contributed by atoms with Crippen molar-refractivity contribution in [3.8, 4) is 0 Å². The Morgan fingerprint density at radius 2 is 1.86 bits per heavy atom. The second kappa shape index (κ2) is 8.32. The quantitative estimate of drug-likeness (QED) is 0.620. The molecule has 1 atom stereocenters. The first kappa shape index (κ1) is 17.9. The van der Waals surface area contributed by atoms with Crippen LogP contribution in [0.25, 0.3) is 0 Å². The van der Waals surface area contributed by atoms with E-state index in [0.717, 1.165) is 6.42 Å². The summed E-state index contributed by atoms with van der Waals surface area (Å²) in [6, 6.07) is 6.63. The third-order valence-electron chi connectivity index (χ3n) is 3.14. The van der Waals surface area contributed by atoms with E-state index in [-0.39, 0.29) is 11.8 Å². The lowest BCUT2D eigenvalue weighted by Gasteiger charge is -2.14. The zero-order valence-electron chi connectivity index (χ0n) is 13.5. The van der Waals surface area contributed by atoms with E-state index in [1.54, 1.807) is 24.3 Å². The number of carbonyl (C=O) groups excluding carboxylic acids is 3. The van der Waals surface area contributed by atoms with Crippen molar-refractivity contribution in [2.24, 2.45) is 5.92 Å². The summed E-state index contributed by atoms with van der Waals surface area (Å²) in [5.74, 6) is -0.470. The van der Waals surface area contributed by atoms with Gasteiger partial charge in [0.1, 0.15) is 0 Å². The molecule has 0 heterocycles. The molecule has 0 saturated heterocycles. The summed E-state index contributed by atoms with van der Waals surface area (Å²) in [4.78, 5) is 34.9. The highest BCUT2D eigenvalue weighted by atomic mass is 16.5. The number of rotatable bonds is 7. The zero-order chi connectivity index (χ0) is 16.7. The standard InChI is InChI=1S/C17H23NO4/c1-11(2)8-9-16(20)22-13(4)17(21)18-15-7-5-6-14(10-15)12(3)19/h5-7,10-11,13H,8-9H2,1-4H3,(H,18,21)/t13-/m1/s1. The van der Waals surface area contributed by atoms with E-state index < -0.39 is 12.0 Å². The van der Waals surface area contributed by atoms with Crippen molar-refractivity contribution < 1.29 is 19.1 Å². The number of hydrogen-bond acceptors (Lipinski definition) is 4. The van der Waals surface area contributed by atoms with Gasteiger partial charge in [0.15, 0.2) is 11.9 Å². The van der Waals surface area contributed by atoms with Crippen LogP contribution in [0.5, 0.6) is 0 Å². The summed E-state index contributed by atoms with van der Waals surface area (Å²) < 4.78 is 5.09. The Hall–Kier alpha value is -2.17. The highest BCUT2D eigenvalue weighted by Gasteiger charge is 2.18. The first-order valence-corrected chi connectivity index (χ1v) is 7.41. The molecule has 0 saturated carbocycles. The molecule has 1 rings (SSSR count). The summed E-state index contributed by atoms with van der Waals surface area (Å²) in [7, 11) is 0. The highest BCUT2D eigenvalue weighted by Crippen LogP contribution is 2.12. The van der Waals surface area contributed by atoms with Gasteiger partial charge in [-0.15, -0.1) is 0 Å². The van der Waals surface area contributed by atoms with E-state index in [2.05, 4.69) is 5.32 Å². The van der Waals surface area contributed by atoms with Crippen LogP contribution in [0.3, 0.4) is 0 Å². The number of nitrogens with one attached hydrogen (secondary N) is 1. The minimum atomic E-state index is -0.874. The van der Waals surface area contributed by atoms with Gasteiger partial charge in [-0.05, 0) is 38.3 Å². The maximum absolute atomic E-state index is 12.0. The first-order chi connectivity index (χ1) is 10.3. The molecule has 5 nitrogen and oxygen atoms in total. The van der Waals surface area contributed by atoms with Crippen LogP contribution in [0.15, 0.2) is 24.3 Å². The highest BCUT2D eigenvalue weighted by molar-refractivity contribution is 5.98. The van der Waals surface area contributed by atoms with Crippen LogP contribution in [0.1, 0.15) is 50.9 Å². The monoisotopic (exact) mass is 305 g/mol. The fourth-order valence-corrected chi connectivity index (χ4v) is 1.78. The van der Waals surface area contributed by atoms with E-state index in [1.807, 2.05) is 13.8 Å².